The topological polar surface area (TPSA) is 119 Å². The Balaban J connectivity index is 1.50. The van der Waals surface area contributed by atoms with Gasteiger partial charge >= 0.3 is 5.69 Å². The fourth-order valence-electron chi connectivity index (χ4n) is 3.46. The van der Waals surface area contributed by atoms with E-state index in [0.717, 1.165) is 28.6 Å². The monoisotopic (exact) mass is 476 g/mol. The largest absolute Gasteiger partial charge is 0.368 e. The van der Waals surface area contributed by atoms with Gasteiger partial charge in [0.05, 0.1) is 10.7 Å². The van der Waals surface area contributed by atoms with E-state index in [2.05, 4.69) is 15.7 Å². The minimum Gasteiger partial charge on any atom is -0.324 e. The Kier molecular flexibility index (Phi) is 6.40. The number of piperidine rings is 1. The van der Waals surface area contributed by atoms with Gasteiger partial charge in [-0.05, 0) is 53.6 Å². The molecular formula is C20H21ClN6O4S. The number of anilines is 1. The molecule has 1 aromatic heterocycles. The maximum atomic E-state index is 13.0. The maximum Gasteiger partial charge on any atom is 0.368 e. The lowest BCUT2D eigenvalue weighted by molar-refractivity contribution is -0.117. The van der Waals surface area contributed by atoms with Crippen LogP contribution in [0.15, 0.2) is 58.2 Å². The van der Waals surface area contributed by atoms with E-state index in [-0.39, 0.29) is 22.2 Å². The highest BCUT2D eigenvalue weighted by Gasteiger charge is 2.28. The normalized spacial score (nSPS) is 14.9. The molecule has 1 amide bonds. The number of para-hydroxylation sites is 1. The van der Waals surface area contributed by atoms with Crippen molar-refractivity contribution < 1.29 is 13.2 Å². The van der Waals surface area contributed by atoms with Crippen LogP contribution in [0.25, 0.3) is 5.69 Å². The summed E-state index contributed by atoms with van der Waals surface area (Å²) in [7, 11) is -3.77. The molecule has 32 heavy (non-hydrogen) atoms. The molecule has 10 nitrogen and oxygen atoms in total. The average molecular weight is 477 g/mol. The molecule has 1 saturated heterocycles. The van der Waals surface area contributed by atoms with Gasteiger partial charge in [-0.25, -0.2) is 13.2 Å². The summed E-state index contributed by atoms with van der Waals surface area (Å²) < 4.78 is 29.4. The minimum absolute atomic E-state index is 0.0638. The first-order valence-electron chi connectivity index (χ1n) is 10.0. The summed E-state index contributed by atoms with van der Waals surface area (Å²) in [6, 6.07) is 12.9. The van der Waals surface area contributed by atoms with E-state index in [4.69, 9.17) is 11.6 Å². The number of amides is 1. The molecule has 168 valence electrons. The molecule has 1 fully saturated rings. The molecule has 0 saturated carbocycles. The maximum absolute atomic E-state index is 13.0. The van der Waals surface area contributed by atoms with Crippen molar-refractivity contribution in [2.75, 3.05) is 18.4 Å². The molecule has 2 aromatic carbocycles. The number of hydrogen-bond donors (Lipinski definition) is 1. The van der Waals surface area contributed by atoms with Crippen molar-refractivity contribution in [2.45, 2.75) is 30.7 Å². The van der Waals surface area contributed by atoms with E-state index in [1.54, 1.807) is 30.3 Å². The number of hydrogen-bond acceptors (Lipinski definition) is 6. The van der Waals surface area contributed by atoms with Gasteiger partial charge in [-0.3, -0.25) is 4.79 Å². The second kappa shape index (κ2) is 9.23. The van der Waals surface area contributed by atoms with E-state index in [9.17, 15) is 18.0 Å². The van der Waals surface area contributed by atoms with Crippen LogP contribution < -0.4 is 11.0 Å². The molecule has 1 aliphatic rings. The van der Waals surface area contributed by atoms with E-state index in [1.807, 2.05) is 0 Å². The molecule has 1 aliphatic heterocycles. The van der Waals surface area contributed by atoms with E-state index < -0.39 is 21.6 Å². The van der Waals surface area contributed by atoms with Crippen LogP contribution in [0.4, 0.5) is 5.69 Å². The lowest BCUT2D eigenvalue weighted by atomic mass is 10.2. The number of tetrazole rings is 1. The highest BCUT2D eigenvalue weighted by molar-refractivity contribution is 7.89. The molecule has 0 atom stereocenters. The first kappa shape index (κ1) is 22.2. The smallest absolute Gasteiger partial charge is 0.324 e. The van der Waals surface area contributed by atoms with Gasteiger partial charge in [0.2, 0.25) is 15.9 Å². The molecule has 0 bridgehead atoms. The van der Waals surface area contributed by atoms with Gasteiger partial charge in [-0.15, -0.1) is 0 Å². The number of aromatic nitrogens is 4. The van der Waals surface area contributed by atoms with Crippen LogP contribution in [0.3, 0.4) is 0 Å². The highest BCUT2D eigenvalue weighted by atomic mass is 35.5. The molecule has 4 rings (SSSR count). The van der Waals surface area contributed by atoms with E-state index >= 15 is 0 Å². The van der Waals surface area contributed by atoms with Crippen molar-refractivity contribution in [3.05, 3.63) is 64.0 Å². The molecule has 12 heteroatoms. The minimum atomic E-state index is -3.77. The van der Waals surface area contributed by atoms with Gasteiger partial charge in [0.1, 0.15) is 11.4 Å². The van der Waals surface area contributed by atoms with Gasteiger partial charge in [0.25, 0.3) is 0 Å². The Bertz CT molecular complexity index is 1280. The summed E-state index contributed by atoms with van der Waals surface area (Å²) in [6.45, 7) is 0.493. The molecule has 0 radical (unpaired) electrons. The second-order valence-corrected chi connectivity index (χ2v) is 9.64. The SMILES string of the molecule is O=C(Cn1nnn(-c2ccccc2)c1=O)Nc1ccc(Cl)c(S(=O)(=O)N2CCCCC2)c1. The van der Waals surface area contributed by atoms with E-state index in [1.165, 1.54) is 22.5 Å². The Labute approximate surface area is 189 Å². The number of benzene rings is 2. The van der Waals surface area contributed by atoms with Crippen molar-refractivity contribution in [3.8, 4) is 5.69 Å². The summed E-state index contributed by atoms with van der Waals surface area (Å²) in [4.78, 5) is 24.9. The third-order valence-electron chi connectivity index (χ3n) is 5.08. The molecule has 0 unspecified atom stereocenters. The summed E-state index contributed by atoms with van der Waals surface area (Å²) in [5.74, 6) is -0.559. The van der Waals surface area contributed by atoms with Crippen molar-refractivity contribution in [3.63, 3.8) is 0 Å². The molecule has 2 heterocycles. The Hall–Kier alpha value is -3.02. The first-order valence-corrected chi connectivity index (χ1v) is 11.9. The molecule has 0 spiro atoms. The zero-order valence-electron chi connectivity index (χ0n) is 17.0. The fraction of sp³-hybridized carbons (Fsp3) is 0.300. The van der Waals surface area contributed by atoms with Gasteiger partial charge in [-0.2, -0.15) is 13.7 Å². The van der Waals surface area contributed by atoms with Gasteiger partial charge in [0, 0.05) is 18.8 Å². The Morgan fingerprint density at radius 1 is 1.03 bits per heavy atom. The van der Waals surface area contributed by atoms with Gasteiger partial charge < -0.3 is 5.32 Å². The van der Waals surface area contributed by atoms with Crippen molar-refractivity contribution in [1.82, 2.24) is 24.1 Å². The number of carbonyl (C=O) groups is 1. The zero-order valence-corrected chi connectivity index (χ0v) is 18.6. The zero-order chi connectivity index (χ0) is 22.7. The number of rotatable bonds is 6. The number of carbonyl (C=O) groups excluding carboxylic acids is 1. The van der Waals surface area contributed by atoms with Gasteiger partial charge in [0.15, 0.2) is 0 Å². The summed E-state index contributed by atoms with van der Waals surface area (Å²) in [5, 5.41) is 10.2. The Morgan fingerprint density at radius 2 is 1.75 bits per heavy atom. The standard InChI is InChI=1S/C20H21ClN6O4S/c21-17-10-9-15(13-18(17)32(30,31)25-11-5-2-6-12-25)22-19(28)14-26-20(29)27(24-23-26)16-7-3-1-4-8-16/h1,3-4,7-10,13H,2,5-6,11-12,14H2,(H,22,28). The predicted octanol–water partition coefficient (Wildman–Crippen LogP) is 1.90. The number of nitrogens with zero attached hydrogens (tertiary/aromatic N) is 5. The van der Waals surface area contributed by atoms with Crippen molar-refractivity contribution in [1.29, 1.82) is 0 Å². The highest BCUT2D eigenvalue weighted by Crippen LogP contribution is 2.29. The quantitative estimate of drug-likeness (QED) is 0.580. The lowest BCUT2D eigenvalue weighted by Crippen LogP contribution is -2.35. The second-order valence-electron chi connectivity index (χ2n) is 7.32. The lowest BCUT2D eigenvalue weighted by Gasteiger charge is -2.26. The van der Waals surface area contributed by atoms with Crippen LogP contribution in [-0.2, 0) is 21.4 Å². The third kappa shape index (κ3) is 4.59. The van der Waals surface area contributed by atoms with Crippen LogP contribution in [0.5, 0.6) is 0 Å². The van der Waals surface area contributed by atoms with E-state index in [0.29, 0.717) is 18.8 Å². The fourth-order valence-corrected chi connectivity index (χ4v) is 5.48. The number of halogens is 1. The third-order valence-corrected chi connectivity index (χ3v) is 7.46. The average Bonchev–Trinajstić information content (AvgIpc) is 3.16. The molecule has 1 N–H and O–H groups in total. The summed E-state index contributed by atoms with van der Waals surface area (Å²) >= 11 is 6.16. The molecule has 0 aliphatic carbocycles. The number of sulfonamides is 1. The molecule has 3 aromatic rings. The van der Waals surface area contributed by atoms with Crippen molar-refractivity contribution >= 4 is 33.2 Å². The summed E-state index contributed by atoms with van der Waals surface area (Å²) in [6.07, 6.45) is 2.58. The summed E-state index contributed by atoms with van der Waals surface area (Å²) in [5.41, 5.74) is 0.198. The van der Waals surface area contributed by atoms with Crippen molar-refractivity contribution in [2.24, 2.45) is 0 Å². The predicted molar refractivity (Wildman–Crippen MR) is 118 cm³/mol. The number of nitrogens with one attached hydrogen (secondary N) is 1. The Morgan fingerprint density at radius 3 is 2.47 bits per heavy atom. The van der Waals surface area contributed by atoms with Crippen LogP contribution in [-0.4, -0.2) is 51.5 Å². The van der Waals surface area contributed by atoms with Gasteiger partial charge in [-0.1, -0.05) is 36.2 Å². The van der Waals surface area contributed by atoms with Crippen LogP contribution in [0, 0.1) is 0 Å². The van der Waals surface area contributed by atoms with Crippen LogP contribution >= 0.6 is 11.6 Å². The first-order chi connectivity index (χ1) is 15.4. The van der Waals surface area contributed by atoms with Crippen LogP contribution in [0.2, 0.25) is 5.02 Å². The van der Waals surface area contributed by atoms with Crippen LogP contribution in [0.1, 0.15) is 19.3 Å². The molecular weight excluding hydrogens is 456 g/mol.